The summed E-state index contributed by atoms with van der Waals surface area (Å²) in [6.45, 7) is 4.26. The number of halogens is 1. The highest BCUT2D eigenvalue weighted by atomic mass is 35.5. The SMILES string of the molecule is Cc1ccc(C2Cc3c(C(=O)NCCCO)c(=O)cc(C)n3-c3ccc(Cl)cc3S2)s1. The molecule has 1 aromatic carbocycles. The second-order valence-electron chi connectivity index (χ2n) is 7.51. The molecule has 0 aliphatic carbocycles. The molecule has 1 amide bonds. The number of pyridine rings is 1. The Bertz CT molecular complexity index is 1200. The fourth-order valence-corrected chi connectivity index (χ4v) is 6.46. The molecule has 31 heavy (non-hydrogen) atoms. The number of aliphatic hydroxyl groups is 1. The van der Waals surface area contributed by atoms with Gasteiger partial charge in [-0.15, -0.1) is 23.1 Å². The summed E-state index contributed by atoms with van der Waals surface area (Å²) < 4.78 is 2.02. The van der Waals surface area contributed by atoms with Crippen molar-refractivity contribution in [3.05, 3.63) is 78.3 Å². The van der Waals surface area contributed by atoms with E-state index in [1.165, 1.54) is 15.8 Å². The number of aromatic nitrogens is 1. The minimum absolute atomic E-state index is 0.0180. The number of carbonyl (C=O) groups is 1. The van der Waals surface area contributed by atoms with Crippen LogP contribution in [0.5, 0.6) is 0 Å². The molecule has 0 radical (unpaired) electrons. The van der Waals surface area contributed by atoms with Crippen LogP contribution in [0.3, 0.4) is 0 Å². The number of hydrogen-bond donors (Lipinski definition) is 2. The molecule has 1 atom stereocenters. The molecular weight excluding hydrogens is 452 g/mol. The summed E-state index contributed by atoms with van der Waals surface area (Å²) in [5.74, 6) is -0.397. The Morgan fingerprint density at radius 2 is 2.06 bits per heavy atom. The van der Waals surface area contributed by atoms with Crippen LogP contribution in [-0.4, -0.2) is 28.7 Å². The molecule has 162 valence electrons. The zero-order chi connectivity index (χ0) is 22.1. The van der Waals surface area contributed by atoms with E-state index in [2.05, 4.69) is 24.4 Å². The first-order valence-corrected chi connectivity index (χ1v) is 12.1. The van der Waals surface area contributed by atoms with Crippen molar-refractivity contribution < 1.29 is 9.90 Å². The maximum atomic E-state index is 13.0. The van der Waals surface area contributed by atoms with Gasteiger partial charge in [0.2, 0.25) is 0 Å². The summed E-state index contributed by atoms with van der Waals surface area (Å²) in [6, 6.07) is 11.5. The molecule has 1 aliphatic heterocycles. The van der Waals surface area contributed by atoms with Gasteiger partial charge >= 0.3 is 0 Å². The molecule has 0 fully saturated rings. The second-order valence-corrected chi connectivity index (χ2v) is 10.5. The summed E-state index contributed by atoms with van der Waals surface area (Å²) in [6.07, 6.45) is 0.978. The molecule has 0 saturated carbocycles. The van der Waals surface area contributed by atoms with E-state index in [4.69, 9.17) is 16.7 Å². The molecule has 5 nitrogen and oxygen atoms in total. The van der Waals surface area contributed by atoms with E-state index in [0.29, 0.717) is 30.1 Å². The van der Waals surface area contributed by atoms with Crippen LogP contribution in [0.15, 0.2) is 46.1 Å². The average molecular weight is 475 g/mol. The Morgan fingerprint density at radius 1 is 1.26 bits per heavy atom. The predicted octanol–water partition coefficient (Wildman–Crippen LogP) is 4.67. The molecule has 0 bridgehead atoms. The normalized spacial score (nSPS) is 15.2. The zero-order valence-corrected chi connectivity index (χ0v) is 19.7. The lowest BCUT2D eigenvalue weighted by Crippen LogP contribution is -2.33. The molecule has 1 unspecified atom stereocenters. The smallest absolute Gasteiger partial charge is 0.257 e. The van der Waals surface area contributed by atoms with Crippen LogP contribution in [0, 0.1) is 13.8 Å². The molecule has 3 heterocycles. The molecular formula is C23H23ClN2O3S2. The summed E-state index contributed by atoms with van der Waals surface area (Å²) >= 11 is 9.75. The zero-order valence-electron chi connectivity index (χ0n) is 17.3. The van der Waals surface area contributed by atoms with Gasteiger partial charge in [-0.2, -0.15) is 0 Å². The average Bonchev–Trinajstić information content (AvgIpc) is 3.07. The van der Waals surface area contributed by atoms with Gasteiger partial charge in [0.15, 0.2) is 5.43 Å². The Hall–Kier alpha value is -2.06. The lowest BCUT2D eigenvalue weighted by Gasteiger charge is -2.20. The molecule has 2 N–H and O–H groups in total. The van der Waals surface area contributed by atoms with Crippen LogP contribution in [-0.2, 0) is 6.42 Å². The third-order valence-electron chi connectivity index (χ3n) is 5.23. The highest BCUT2D eigenvalue weighted by Crippen LogP contribution is 2.46. The number of fused-ring (bicyclic) bond motifs is 3. The number of amides is 1. The fraction of sp³-hybridized carbons (Fsp3) is 0.304. The van der Waals surface area contributed by atoms with E-state index in [1.807, 2.05) is 29.7 Å². The third kappa shape index (κ3) is 4.46. The van der Waals surface area contributed by atoms with E-state index >= 15 is 0 Å². The molecule has 8 heteroatoms. The van der Waals surface area contributed by atoms with Crippen LogP contribution < -0.4 is 10.7 Å². The minimum Gasteiger partial charge on any atom is -0.396 e. The van der Waals surface area contributed by atoms with Crippen molar-refractivity contribution >= 4 is 40.6 Å². The number of aliphatic hydroxyl groups excluding tert-OH is 1. The summed E-state index contributed by atoms with van der Waals surface area (Å²) in [5, 5.41) is 12.5. The molecule has 0 saturated heterocycles. The van der Waals surface area contributed by atoms with Crippen LogP contribution in [0.1, 0.15) is 43.2 Å². The van der Waals surface area contributed by atoms with Crippen molar-refractivity contribution in [2.45, 2.75) is 36.8 Å². The standard InChI is InChI=1S/C23H23ClN2O3S2/c1-13-10-18(28)22(23(29)25-8-3-9-27)17-12-21(19-7-4-14(2)30-19)31-20-11-15(24)5-6-16(20)26(13)17/h4-7,10-11,21,27H,3,8-9,12H2,1-2H3,(H,25,29). The van der Waals surface area contributed by atoms with Gasteiger partial charge in [0.1, 0.15) is 5.56 Å². The van der Waals surface area contributed by atoms with Crippen LogP contribution in [0.2, 0.25) is 5.02 Å². The fourth-order valence-electron chi connectivity index (χ4n) is 3.86. The first kappa shape index (κ1) is 22.1. The van der Waals surface area contributed by atoms with Gasteiger partial charge < -0.3 is 15.0 Å². The topological polar surface area (TPSA) is 71.3 Å². The number of nitrogens with one attached hydrogen (secondary N) is 1. The van der Waals surface area contributed by atoms with Crippen molar-refractivity contribution in [1.29, 1.82) is 0 Å². The summed E-state index contributed by atoms with van der Waals surface area (Å²) in [4.78, 5) is 29.4. The van der Waals surface area contributed by atoms with Crippen molar-refractivity contribution in [3.8, 4) is 5.69 Å². The van der Waals surface area contributed by atoms with Gasteiger partial charge in [-0.1, -0.05) is 11.6 Å². The van der Waals surface area contributed by atoms with Gasteiger partial charge in [-0.25, -0.2) is 0 Å². The first-order chi connectivity index (χ1) is 14.9. The number of aryl methyl sites for hydroxylation is 2. The Balaban J connectivity index is 1.92. The predicted molar refractivity (Wildman–Crippen MR) is 127 cm³/mol. The molecule has 4 rings (SSSR count). The number of thioether (sulfide) groups is 1. The monoisotopic (exact) mass is 474 g/mol. The van der Waals surface area contributed by atoms with Gasteiger partial charge in [-0.3, -0.25) is 9.59 Å². The number of hydrogen-bond acceptors (Lipinski definition) is 5. The summed E-state index contributed by atoms with van der Waals surface area (Å²) in [7, 11) is 0. The van der Waals surface area contributed by atoms with Crippen molar-refractivity contribution in [2.75, 3.05) is 13.2 Å². The van der Waals surface area contributed by atoms with Gasteiger partial charge in [-0.05, 0) is 50.6 Å². The number of nitrogens with zero attached hydrogens (tertiary/aromatic N) is 1. The highest BCUT2D eigenvalue weighted by Gasteiger charge is 2.29. The quantitative estimate of drug-likeness (QED) is 0.527. The van der Waals surface area contributed by atoms with E-state index in [-0.39, 0.29) is 22.8 Å². The van der Waals surface area contributed by atoms with E-state index in [1.54, 1.807) is 23.1 Å². The van der Waals surface area contributed by atoms with E-state index in [0.717, 1.165) is 16.3 Å². The van der Waals surface area contributed by atoms with Gasteiger partial charge in [0.25, 0.3) is 5.91 Å². The molecule has 2 aromatic heterocycles. The Kier molecular flexibility index (Phi) is 6.57. The lowest BCUT2D eigenvalue weighted by molar-refractivity contribution is 0.0948. The van der Waals surface area contributed by atoms with Crippen molar-refractivity contribution in [1.82, 2.24) is 9.88 Å². The van der Waals surface area contributed by atoms with Crippen LogP contribution in [0.25, 0.3) is 5.69 Å². The van der Waals surface area contributed by atoms with E-state index < -0.39 is 5.91 Å². The third-order valence-corrected chi connectivity index (χ3v) is 8.02. The van der Waals surface area contributed by atoms with Crippen molar-refractivity contribution in [3.63, 3.8) is 0 Å². The number of carbonyl (C=O) groups excluding carboxylic acids is 1. The Labute approximate surface area is 194 Å². The molecule has 3 aromatic rings. The maximum absolute atomic E-state index is 13.0. The largest absolute Gasteiger partial charge is 0.396 e. The van der Waals surface area contributed by atoms with Gasteiger partial charge in [0, 0.05) is 61.9 Å². The van der Waals surface area contributed by atoms with Crippen molar-refractivity contribution in [2.24, 2.45) is 0 Å². The number of benzene rings is 1. The van der Waals surface area contributed by atoms with Crippen LogP contribution >= 0.6 is 34.7 Å². The highest BCUT2D eigenvalue weighted by molar-refractivity contribution is 7.99. The number of thiophene rings is 1. The maximum Gasteiger partial charge on any atom is 0.257 e. The number of rotatable bonds is 5. The molecule has 1 aliphatic rings. The Morgan fingerprint density at radius 3 is 2.77 bits per heavy atom. The second kappa shape index (κ2) is 9.20. The minimum atomic E-state index is -0.397. The summed E-state index contributed by atoms with van der Waals surface area (Å²) in [5.41, 5.74) is 2.29. The van der Waals surface area contributed by atoms with E-state index in [9.17, 15) is 9.59 Å². The van der Waals surface area contributed by atoms with Gasteiger partial charge in [0.05, 0.1) is 5.69 Å². The molecule has 0 spiro atoms. The lowest BCUT2D eigenvalue weighted by atomic mass is 10.0. The first-order valence-electron chi connectivity index (χ1n) is 10.1. The van der Waals surface area contributed by atoms with Crippen LogP contribution in [0.4, 0.5) is 0 Å².